The van der Waals surface area contributed by atoms with Gasteiger partial charge in [-0.3, -0.25) is 4.79 Å². The molecule has 13 heavy (non-hydrogen) atoms. The van der Waals surface area contributed by atoms with Crippen molar-refractivity contribution in [1.82, 2.24) is 0 Å². The van der Waals surface area contributed by atoms with Crippen molar-refractivity contribution < 1.29 is 9.53 Å². The average Bonchev–Trinajstić information content (AvgIpc) is 1.82. The molecule has 0 aromatic rings. The molecule has 0 saturated heterocycles. The lowest BCUT2D eigenvalue weighted by Gasteiger charge is -2.27. The lowest BCUT2D eigenvalue weighted by Crippen LogP contribution is -2.35. The fourth-order valence-corrected chi connectivity index (χ4v) is 0.879. The summed E-state index contributed by atoms with van der Waals surface area (Å²) >= 11 is 0. The summed E-state index contributed by atoms with van der Waals surface area (Å²) in [5.74, 6) is -0.176. The highest BCUT2D eigenvalue weighted by Crippen LogP contribution is 2.24. The van der Waals surface area contributed by atoms with Gasteiger partial charge in [0.15, 0.2) is 0 Å². The summed E-state index contributed by atoms with van der Waals surface area (Å²) in [6, 6.07) is 0. The maximum Gasteiger partial charge on any atom is 0.312 e. The predicted molar refractivity (Wildman–Crippen MR) is 53.3 cm³/mol. The molecule has 0 aromatic carbocycles. The summed E-state index contributed by atoms with van der Waals surface area (Å²) in [4.78, 5) is 11.6. The van der Waals surface area contributed by atoms with Crippen molar-refractivity contribution in [3.63, 3.8) is 0 Å². The van der Waals surface area contributed by atoms with Crippen LogP contribution in [0.5, 0.6) is 0 Å². The van der Waals surface area contributed by atoms with Crippen molar-refractivity contribution in [3.8, 4) is 0 Å². The Bertz CT molecular complexity index is 180. The molecule has 0 amide bonds. The van der Waals surface area contributed by atoms with Crippen LogP contribution in [0.1, 0.15) is 41.0 Å². The van der Waals surface area contributed by atoms with E-state index in [1.165, 1.54) is 0 Å². The molecule has 0 radical (unpaired) electrons. The van der Waals surface area contributed by atoms with Gasteiger partial charge in [-0.15, -0.1) is 0 Å². The van der Waals surface area contributed by atoms with E-state index in [0.717, 1.165) is 0 Å². The first-order chi connectivity index (χ1) is 5.69. The highest BCUT2D eigenvalue weighted by atomic mass is 16.6. The van der Waals surface area contributed by atoms with E-state index < -0.39 is 11.0 Å². The predicted octanol–water partition coefficient (Wildman–Crippen LogP) is 1.70. The second-order valence-corrected chi connectivity index (χ2v) is 4.92. The van der Waals surface area contributed by atoms with E-state index in [-0.39, 0.29) is 5.97 Å². The summed E-state index contributed by atoms with van der Waals surface area (Å²) in [6.07, 6.45) is 0.655. The van der Waals surface area contributed by atoms with Gasteiger partial charge in [0.2, 0.25) is 0 Å². The topological polar surface area (TPSA) is 52.3 Å². The van der Waals surface area contributed by atoms with Crippen LogP contribution in [0.4, 0.5) is 0 Å². The van der Waals surface area contributed by atoms with E-state index in [9.17, 15) is 4.79 Å². The summed E-state index contributed by atoms with van der Waals surface area (Å²) in [5.41, 5.74) is 4.52. The third-order valence-electron chi connectivity index (χ3n) is 1.72. The fourth-order valence-electron chi connectivity index (χ4n) is 0.879. The van der Waals surface area contributed by atoms with E-state index in [1.807, 2.05) is 34.6 Å². The van der Waals surface area contributed by atoms with Crippen molar-refractivity contribution in [2.45, 2.75) is 46.6 Å². The van der Waals surface area contributed by atoms with Gasteiger partial charge in [0.1, 0.15) is 5.60 Å². The van der Waals surface area contributed by atoms with Crippen LogP contribution in [-0.4, -0.2) is 18.1 Å². The fraction of sp³-hybridized carbons (Fsp3) is 0.900. The molecule has 0 atom stereocenters. The largest absolute Gasteiger partial charge is 0.460 e. The maximum absolute atomic E-state index is 11.6. The Labute approximate surface area is 80.6 Å². The van der Waals surface area contributed by atoms with E-state index >= 15 is 0 Å². The Hall–Kier alpha value is -0.570. The van der Waals surface area contributed by atoms with Gasteiger partial charge in [-0.25, -0.2) is 0 Å². The van der Waals surface area contributed by atoms with Crippen LogP contribution in [-0.2, 0) is 9.53 Å². The molecule has 0 unspecified atom stereocenters. The molecule has 2 N–H and O–H groups in total. The van der Waals surface area contributed by atoms with Gasteiger partial charge < -0.3 is 10.5 Å². The van der Waals surface area contributed by atoms with Crippen LogP contribution in [0.25, 0.3) is 0 Å². The van der Waals surface area contributed by atoms with Crippen molar-refractivity contribution >= 4 is 5.97 Å². The Balaban J connectivity index is 4.25. The summed E-state index contributed by atoms with van der Waals surface area (Å²) < 4.78 is 5.26. The molecule has 0 aromatic heterocycles. The molecule has 3 heteroatoms. The summed E-state index contributed by atoms with van der Waals surface area (Å²) in [5, 5.41) is 0. The Morgan fingerprint density at radius 1 is 1.23 bits per heavy atom. The van der Waals surface area contributed by atoms with E-state index in [0.29, 0.717) is 13.0 Å². The third kappa shape index (κ3) is 4.88. The quantitative estimate of drug-likeness (QED) is 0.684. The van der Waals surface area contributed by atoms with Gasteiger partial charge in [-0.05, 0) is 47.6 Å². The van der Waals surface area contributed by atoms with Gasteiger partial charge >= 0.3 is 5.97 Å². The van der Waals surface area contributed by atoms with Crippen LogP contribution in [0.15, 0.2) is 0 Å². The maximum atomic E-state index is 11.6. The third-order valence-corrected chi connectivity index (χ3v) is 1.72. The molecule has 0 aliphatic carbocycles. The zero-order valence-corrected chi connectivity index (χ0v) is 9.31. The number of esters is 1. The molecule has 0 fully saturated rings. The monoisotopic (exact) mass is 187 g/mol. The molecule has 0 aliphatic heterocycles. The smallest absolute Gasteiger partial charge is 0.312 e. The normalized spacial score (nSPS) is 12.8. The van der Waals surface area contributed by atoms with Gasteiger partial charge in [0.05, 0.1) is 5.41 Å². The Kier molecular flexibility index (Phi) is 3.91. The minimum Gasteiger partial charge on any atom is -0.460 e. The molecule has 0 saturated carbocycles. The molecule has 0 heterocycles. The van der Waals surface area contributed by atoms with Gasteiger partial charge in [-0.2, -0.15) is 0 Å². The number of rotatable bonds is 3. The van der Waals surface area contributed by atoms with Crippen molar-refractivity contribution in [2.24, 2.45) is 11.1 Å². The van der Waals surface area contributed by atoms with Crippen molar-refractivity contribution in [1.29, 1.82) is 0 Å². The van der Waals surface area contributed by atoms with Gasteiger partial charge in [0.25, 0.3) is 0 Å². The molecule has 0 aliphatic rings. The second-order valence-electron chi connectivity index (χ2n) is 4.92. The molecule has 0 rings (SSSR count). The minimum atomic E-state index is -0.470. The van der Waals surface area contributed by atoms with Gasteiger partial charge in [0, 0.05) is 0 Å². The molecule has 0 spiro atoms. The van der Waals surface area contributed by atoms with Crippen LogP contribution in [0.3, 0.4) is 0 Å². The second kappa shape index (κ2) is 4.09. The molecule has 3 nitrogen and oxygen atoms in total. The first-order valence-corrected chi connectivity index (χ1v) is 4.62. The highest BCUT2D eigenvalue weighted by molar-refractivity contribution is 5.76. The minimum absolute atomic E-state index is 0.176. The number of carbonyl (C=O) groups is 1. The number of ether oxygens (including phenoxy) is 1. The molecular formula is C10H21NO2. The molecule has 78 valence electrons. The lowest BCUT2D eigenvalue weighted by molar-refractivity contribution is -0.165. The highest BCUT2D eigenvalue weighted by Gasteiger charge is 2.31. The number of carbonyl (C=O) groups excluding carboxylic acids is 1. The van der Waals surface area contributed by atoms with E-state index in [4.69, 9.17) is 10.5 Å². The molecule has 0 bridgehead atoms. The Morgan fingerprint density at radius 3 is 2.00 bits per heavy atom. The SMILES string of the molecule is CC(C)(C)OC(=O)C(C)(C)CCN. The van der Waals surface area contributed by atoms with Crippen molar-refractivity contribution in [3.05, 3.63) is 0 Å². The van der Waals surface area contributed by atoms with E-state index in [1.54, 1.807) is 0 Å². The standard InChI is InChI=1S/C10H21NO2/c1-9(2,3)13-8(12)10(4,5)6-7-11/h6-7,11H2,1-5H3. The van der Waals surface area contributed by atoms with Crippen LogP contribution in [0.2, 0.25) is 0 Å². The van der Waals surface area contributed by atoms with Crippen LogP contribution in [0, 0.1) is 5.41 Å². The first kappa shape index (κ1) is 12.4. The number of nitrogens with two attached hydrogens (primary N) is 1. The zero-order chi connectivity index (χ0) is 10.7. The molecular weight excluding hydrogens is 166 g/mol. The van der Waals surface area contributed by atoms with Crippen LogP contribution >= 0.6 is 0 Å². The lowest BCUT2D eigenvalue weighted by atomic mass is 9.89. The summed E-state index contributed by atoms with van der Waals surface area (Å²) in [6.45, 7) is 9.81. The number of hydrogen-bond donors (Lipinski definition) is 1. The van der Waals surface area contributed by atoms with Crippen LogP contribution < -0.4 is 5.73 Å². The van der Waals surface area contributed by atoms with E-state index in [2.05, 4.69) is 0 Å². The number of hydrogen-bond acceptors (Lipinski definition) is 3. The van der Waals surface area contributed by atoms with Gasteiger partial charge in [-0.1, -0.05) is 0 Å². The average molecular weight is 187 g/mol. The first-order valence-electron chi connectivity index (χ1n) is 4.62. The summed E-state index contributed by atoms with van der Waals surface area (Å²) in [7, 11) is 0. The zero-order valence-electron chi connectivity index (χ0n) is 9.31. The van der Waals surface area contributed by atoms with Crippen molar-refractivity contribution in [2.75, 3.05) is 6.54 Å². The Morgan fingerprint density at radius 2 is 1.69 bits per heavy atom.